The molecule has 0 bridgehead atoms. The molecule has 0 unspecified atom stereocenters. The minimum atomic E-state index is 0.623. The van der Waals surface area contributed by atoms with E-state index in [0.29, 0.717) is 6.61 Å². The van der Waals surface area contributed by atoms with E-state index >= 15 is 0 Å². The summed E-state index contributed by atoms with van der Waals surface area (Å²) in [6, 6.07) is 0. The molecule has 0 rings (SSSR count). The van der Waals surface area contributed by atoms with Crippen molar-refractivity contribution in [3.63, 3.8) is 0 Å². The van der Waals surface area contributed by atoms with Crippen LogP contribution in [-0.2, 0) is 4.74 Å². The fourth-order valence-corrected chi connectivity index (χ4v) is 2.32. The Morgan fingerprint density at radius 2 is 1.00 bits per heavy atom. The highest BCUT2D eigenvalue weighted by Gasteiger charge is 1.93. The van der Waals surface area contributed by atoms with E-state index in [0.717, 1.165) is 6.61 Å². The average molecular weight is 255 g/mol. The summed E-state index contributed by atoms with van der Waals surface area (Å²) < 4.78 is 5.22. The summed E-state index contributed by atoms with van der Waals surface area (Å²) in [6.45, 7) is 7.47. The normalized spacial score (nSPS) is 11.0. The predicted octanol–water partition coefficient (Wildman–Crippen LogP) is 5.93. The van der Waals surface area contributed by atoms with Crippen LogP contribution in [0.4, 0.5) is 0 Å². The zero-order valence-electron chi connectivity index (χ0n) is 12.7. The molecule has 0 spiro atoms. The molecule has 0 fully saturated rings. The molecule has 18 heavy (non-hydrogen) atoms. The third-order valence-electron chi connectivity index (χ3n) is 3.54. The highest BCUT2D eigenvalue weighted by Crippen LogP contribution is 2.12. The molecule has 0 amide bonds. The fourth-order valence-electron chi connectivity index (χ4n) is 2.32. The summed E-state index contributed by atoms with van der Waals surface area (Å²) in [5.74, 6) is 0. The molecule has 0 heterocycles. The van der Waals surface area contributed by atoms with Crippen LogP contribution in [0.1, 0.15) is 90.4 Å². The number of rotatable bonds is 15. The summed E-state index contributed by atoms with van der Waals surface area (Å²) in [4.78, 5) is 0. The van der Waals surface area contributed by atoms with Gasteiger partial charge in [-0.15, -0.1) is 0 Å². The van der Waals surface area contributed by atoms with Crippen molar-refractivity contribution in [1.82, 2.24) is 0 Å². The van der Waals surface area contributed by atoms with Crippen LogP contribution in [0.25, 0.3) is 0 Å². The van der Waals surface area contributed by atoms with Crippen molar-refractivity contribution in [1.29, 1.82) is 0 Å². The minimum absolute atomic E-state index is 0.623. The Bertz CT molecular complexity index is 118. The zero-order valence-corrected chi connectivity index (χ0v) is 12.7. The molecule has 0 aliphatic rings. The molecule has 0 aliphatic heterocycles. The van der Waals surface area contributed by atoms with Crippen molar-refractivity contribution < 1.29 is 4.74 Å². The molecule has 0 saturated carbocycles. The molecule has 0 aromatic carbocycles. The van der Waals surface area contributed by atoms with Crippen molar-refractivity contribution in [3.05, 3.63) is 6.92 Å². The topological polar surface area (TPSA) is 9.23 Å². The van der Waals surface area contributed by atoms with Crippen LogP contribution in [-0.4, -0.2) is 13.2 Å². The predicted molar refractivity (Wildman–Crippen MR) is 81.9 cm³/mol. The van der Waals surface area contributed by atoms with Crippen LogP contribution in [0.3, 0.4) is 0 Å². The molecule has 1 radical (unpaired) electrons. The van der Waals surface area contributed by atoms with E-state index in [4.69, 9.17) is 4.74 Å². The third-order valence-corrected chi connectivity index (χ3v) is 3.54. The lowest BCUT2D eigenvalue weighted by atomic mass is 10.0. The molecule has 0 aromatic heterocycles. The van der Waals surface area contributed by atoms with Gasteiger partial charge in [0.05, 0.1) is 0 Å². The number of unbranched alkanes of at least 4 members (excludes halogenated alkanes) is 12. The van der Waals surface area contributed by atoms with E-state index in [1.54, 1.807) is 0 Å². The van der Waals surface area contributed by atoms with Crippen LogP contribution in [0.5, 0.6) is 0 Å². The Kier molecular flexibility index (Phi) is 16.9. The first-order chi connectivity index (χ1) is 8.91. The van der Waals surface area contributed by atoms with Crippen LogP contribution >= 0.6 is 0 Å². The Hall–Kier alpha value is -0.0400. The van der Waals surface area contributed by atoms with Crippen LogP contribution in [0, 0.1) is 6.92 Å². The van der Waals surface area contributed by atoms with Gasteiger partial charge in [0.1, 0.15) is 0 Å². The summed E-state index contributed by atoms with van der Waals surface area (Å²) >= 11 is 0. The summed E-state index contributed by atoms with van der Waals surface area (Å²) in [5, 5.41) is 0. The standard InChI is InChI=1S/C17H35O/c1-3-5-6-7-8-9-10-11-12-13-14-15-16-17-18-4-2/h2-17H2,1H3. The molecule has 0 aliphatic carbocycles. The number of hydrogen-bond acceptors (Lipinski definition) is 1. The van der Waals surface area contributed by atoms with Gasteiger partial charge < -0.3 is 4.74 Å². The lowest BCUT2D eigenvalue weighted by molar-refractivity contribution is 0.156. The van der Waals surface area contributed by atoms with Gasteiger partial charge >= 0.3 is 0 Å². The monoisotopic (exact) mass is 255 g/mol. The third kappa shape index (κ3) is 16.0. The maximum atomic E-state index is 5.22. The van der Waals surface area contributed by atoms with Crippen molar-refractivity contribution in [2.24, 2.45) is 0 Å². The first-order valence-electron chi connectivity index (χ1n) is 8.28. The van der Waals surface area contributed by atoms with E-state index < -0.39 is 0 Å². The van der Waals surface area contributed by atoms with Crippen molar-refractivity contribution in [2.45, 2.75) is 90.4 Å². The van der Waals surface area contributed by atoms with Gasteiger partial charge in [0.15, 0.2) is 0 Å². The maximum absolute atomic E-state index is 5.22. The molecule has 1 nitrogen and oxygen atoms in total. The van der Waals surface area contributed by atoms with Crippen LogP contribution < -0.4 is 0 Å². The molecule has 1 heteroatoms. The lowest BCUT2D eigenvalue weighted by Gasteiger charge is -2.03. The van der Waals surface area contributed by atoms with Crippen LogP contribution in [0.2, 0.25) is 0 Å². The minimum Gasteiger partial charge on any atom is -0.381 e. The molecule has 0 aromatic rings. The second kappa shape index (κ2) is 17.0. The molecular weight excluding hydrogens is 220 g/mol. The van der Waals surface area contributed by atoms with E-state index in [-0.39, 0.29) is 0 Å². The Labute approximate surface area is 116 Å². The van der Waals surface area contributed by atoms with Gasteiger partial charge in [0.2, 0.25) is 0 Å². The fraction of sp³-hybridized carbons (Fsp3) is 0.941. The maximum Gasteiger partial charge on any atom is 0.0466 e. The van der Waals surface area contributed by atoms with Gasteiger partial charge in [-0.3, -0.25) is 0 Å². The Morgan fingerprint density at radius 1 is 0.611 bits per heavy atom. The zero-order chi connectivity index (χ0) is 13.3. The highest BCUT2D eigenvalue weighted by atomic mass is 16.5. The number of hydrogen-bond donors (Lipinski definition) is 0. The van der Waals surface area contributed by atoms with Crippen molar-refractivity contribution >= 4 is 0 Å². The lowest BCUT2D eigenvalue weighted by Crippen LogP contribution is -1.93. The molecule has 0 N–H and O–H groups in total. The molecule has 109 valence electrons. The van der Waals surface area contributed by atoms with Gasteiger partial charge in [0, 0.05) is 13.2 Å². The molecule has 0 saturated heterocycles. The van der Waals surface area contributed by atoms with E-state index in [9.17, 15) is 0 Å². The summed E-state index contributed by atoms with van der Waals surface area (Å²) in [5.41, 5.74) is 0. The first-order valence-corrected chi connectivity index (χ1v) is 8.28. The van der Waals surface area contributed by atoms with Crippen LogP contribution in [0.15, 0.2) is 0 Å². The molecular formula is C17H35O. The van der Waals surface area contributed by atoms with E-state index in [1.165, 1.54) is 83.5 Å². The average Bonchev–Trinajstić information content (AvgIpc) is 2.39. The second-order valence-electron chi connectivity index (χ2n) is 5.36. The summed E-state index contributed by atoms with van der Waals surface area (Å²) in [6.07, 6.45) is 18.3. The Morgan fingerprint density at radius 3 is 1.39 bits per heavy atom. The van der Waals surface area contributed by atoms with Gasteiger partial charge in [0.25, 0.3) is 0 Å². The van der Waals surface area contributed by atoms with E-state index in [2.05, 4.69) is 13.8 Å². The van der Waals surface area contributed by atoms with Gasteiger partial charge in [-0.1, -0.05) is 84.0 Å². The van der Waals surface area contributed by atoms with Gasteiger partial charge in [-0.25, -0.2) is 0 Å². The van der Waals surface area contributed by atoms with Gasteiger partial charge in [-0.2, -0.15) is 0 Å². The van der Waals surface area contributed by atoms with E-state index in [1.807, 2.05) is 0 Å². The second-order valence-corrected chi connectivity index (χ2v) is 5.36. The first kappa shape index (κ1) is 18.0. The SMILES string of the molecule is [CH2]COCCCCCCCCCCCCCCC. The van der Waals surface area contributed by atoms with Crippen molar-refractivity contribution in [3.8, 4) is 0 Å². The number of ether oxygens (including phenoxy) is 1. The van der Waals surface area contributed by atoms with Crippen molar-refractivity contribution in [2.75, 3.05) is 13.2 Å². The Balaban J connectivity index is 2.86. The van der Waals surface area contributed by atoms with Gasteiger partial charge in [-0.05, 0) is 13.3 Å². The summed E-state index contributed by atoms with van der Waals surface area (Å²) in [7, 11) is 0. The quantitative estimate of drug-likeness (QED) is 0.330. The highest BCUT2D eigenvalue weighted by molar-refractivity contribution is 4.48. The largest absolute Gasteiger partial charge is 0.381 e. The molecule has 0 atom stereocenters. The smallest absolute Gasteiger partial charge is 0.0466 e.